The monoisotopic (exact) mass is 230 g/mol. The van der Waals surface area contributed by atoms with Crippen LogP contribution in [0.4, 0.5) is 5.69 Å². The minimum absolute atomic E-state index is 0.247. The highest BCUT2D eigenvalue weighted by Crippen LogP contribution is 2.17. The van der Waals surface area contributed by atoms with Crippen molar-refractivity contribution in [3.8, 4) is 0 Å². The Kier molecular flexibility index (Phi) is 3.67. The van der Waals surface area contributed by atoms with Crippen molar-refractivity contribution in [2.24, 2.45) is 0 Å². The Morgan fingerprint density at radius 1 is 1.29 bits per heavy atom. The predicted octanol–water partition coefficient (Wildman–Crippen LogP) is 1.80. The number of rotatable bonds is 2. The van der Waals surface area contributed by atoms with E-state index in [-0.39, 0.29) is 5.91 Å². The molecular formula is C14H18N2O. The number of amides is 1. The molecule has 0 aromatic heterocycles. The van der Waals surface area contributed by atoms with Crippen LogP contribution in [-0.2, 0) is 4.79 Å². The van der Waals surface area contributed by atoms with Gasteiger partial charge in [-0.15, -0.1) is 0 Å². The summed E-state index contributed by atoms with van der Waals surface area (Å²) in [5.74, 6) is 0.247. The molecule has 1 amide bonds. The highest BCUT2D eigenvalue weighted by Gasteiger charge is 2.19. The van der Waals surface area contributed by atoms with Crippen LogP contribution in [0.2, 0.25) is 0 Å². The lowest BCUT2D eigenvalue weighted by atomic mass is 10.2. The summed E-state index contributed by atoms with van der Waals surface area (Å²) < 4.78 is 0. The molecule has 1 heterocycles. The van der Waals surface area contributed by atoms with Gasteiger partial charge in [0.2, 0.25) is 5.91 Å². The van der Waals surface area contributed by atoms with Crippen LogP contribution in [0.25, 0.3) is 0 Å². The van der Waals surface area contributed by atoms with E-state index in [1.165, 1.54) is 0 Å². The Balaban J connectivity index is 1.97. The molecule has 2 rings (SSSR count). The summed E-state index contributed by atoms with van der Waals surface area (Å²) in [6.07, 6.45) is 0.596. The maximum atomic E-state index is 11.6. The van der Waals surface area contributed by atoms with Crippen molar-refractivity contribution in [2.75, 3.05) is 31.1 Å². The summed E-state index contributed by atoms with van der Waals surface area (Å²) in [7, 11) is 0. The molecule has 17 heavy (non-hydrogen) atoms. The minimum atomic E-state index is 0.247. The average Bonchev–Trinajstić information content (AvgIpc) is 2.38. The molecule has 0 atom stereocenters. The third-order valence-corrected chi connectivity index (χ3v) is 3.17. The zero-order chi connectivity index (χ0) is 12.3. The van der Waals surface area contributed by atoms with Gasteiger partial charge in [0, 0.05) is 38.3 Å². The number of hydrogen-bond acceptors (Lipinski definition) is 2. The molecule has 0 spiro atoms. The van der Waals surface area contributed by atoms with E-state index in [4.69, 9.17) is 6.92 Å². The first-order valence-corrected chi connectivity index (χ1v) is 6.09. The van der Waals surface area contributed by atoms with Gasteiger partial charge in [0.25, 0.3) is 0 Å². The number of anilines is 1. The number of carbonyl (C=O) groups is 1. The van der Waals surface area contributed by atoms with Crippen LogP contribution in [0.5, 0.6) is 0 Å². The van der Waals surface area contributed by atoms with Gasteiger partial charge in [0.15, 0.2) is 0 Å². The molecule has 1 aliphatic heterocycles. The molecule has 0 unspecified atom stereocenters. The largest absolute Gasteiger partial charge is 0.368 e. The van der Waals surface area contributed by atoms with E-state index >= 15 is 0 Å². The minimum Gasteiger partial charge on any atom is -0.368 e. The van der Waals surface area contributed by atoms with Gasteiger partial charge < -0.3 is 9.80 Å². The Bertz CT molecular complexity index is 395. The fraction of sp³-hybridized carbons (Fsp3) is 0.429. The molecule has 1 saturated heterocycles. The molecule has 0 aliphatic carbocycles. The summed E-state index contributed by atoms with van der Waals surface area (Å²) in [4.78, 5) is 15.8. The SMILES string of the molecule is [CH]c1cccc(N2CCN(C(=O)CC)CC2)c1. The van der Waals surface area contributed by atoms with E-state index < -0.39 is 0 Å². The lowest BCUT2D eigenvalue weighted by molar-refractivity contribution is -0.131. The molecule has 0 saturated carbocycles. The smallest absolute Gasteiger partial charge is 0.222 e. The second-order valence-electron chi connectivity index (χ2n) is 4.32. The number of carbonyl (C=O) groups excluding carboxylic acids is 1. The van der Waals surface area contributed by atoms with Crippen molar-refractivity contribution in [2.45, 2.75) is 13.3 Å². The third-order valence-electron chi connectivity index (χ3n) is 3.17. The van der Waals surface area contributed by atoms with Gasteiger partial charge in [-0.25, -0.2) is 0 Å². The number of hydrogen-bond donors (Lipinski definition) is 0. The highest BCUT2D eigenvalue weighted by molar-refractivity contribution is 5.76. The fourth-order valence-electron chi connectivity index (χ4n) is 2.16. The topological polar surface area (TPSA) is 23.6 Å². The van der Waals surface area contributed by atoms with E-state index in [1.54, 1.807) is 0 Å². The van der Waals surface area contributed by atoms with Crippen molar-refractivity contribution in [1.82, 2.24) is 4.90 Å². The van der Waals surface area contributed by atoms with E-state index in [1.807, 2.05) is 30.0 Å². The van der Waals surface area contributed by atoms with E-state index in [2.05, 4.69) is 11.0 Å². The molecule has 1 aromatic carbocycles. The zero-order valence-electron chi connectivity index (χ0n) is 10.2. The van der Waals surface area contributed by atoms with Crippen molar-refractivity contribution in [3.63, 3.8) is 0 Å². The lowest BCUT2D eigenvalue weighted by Gasteiger charge is -2.36. The van der Waals surface area contributed by atoms with Crippen molar-refractivity contribution in [1.29, 1.82) is 0 Å². The Hall–Kier alpha value is -1.51. The van der Waals surface area contributed by atoms with Crippen LogP contribution in [0.15, 0.2) is 24.3 Å². The Morgan fingerprint density at radius 2 is 2.00 bits per heavy atom. The molecule has 90 valence electrons. The fourth-order valence-corrected chi connectivity index (χ4v) is 2.16. The van der Waals surface area contributed by atoms with Crippen molar-refractivity contribution in [3.05, 3.63) is 36.8 Å². The molecular weight excluding hydrogens is 212 g/mol. The second kappa shape index (κ2) is 5.21. The summed E-state index contributed by atoms with van der Waals surface area (Å²) in [6, 6.07) is 7.90. The predicted molar refractivity (Wildman–Crippen MR) is 68.9 cm³/mol. The molecule has 0 N–H and O–H groups in total. The quantitative estimate of drug-likeness (QED) is 0.773. The summed E-state index contributed by atoms with van der Waals surface area (Å²) in [5, 5.41) is 0. The first-order valence-electron chi connectivity index (χ1n) is 6.09. The van der Waals surface area contributed by atoms with E-state index in [9.17, 15) is 4.79 Å². The third kappa shape index (κ3) is 2.78. The zero-order valence-corrected chi connectivity index (χ0v) is 10.2. The van der Waals surface area contributed by atoms with E-state index in [0.29, 0.717) is 6.42 Å². The molecule has 1 fully saturated rings. The van der Waals surface area contributed by atoms with Crippen LogP contribution in [0.3, 0.4) is 0 Å². The lowest BCUT2D eigenvalue weighted by Crippen LogP contribution is -2.48. The van der Waals surface area contributed by atoms with Crippen LogP contribution < -0.4 is 4.90 Å². The standard InChI is InChI=1S/C14H18N2O/c1-3-14(17)16-9-7-15(8-10-16)13-6-4-5-12(2)11-13/h2,4-6,11H,3,7-10H2,1H3. The van der Waals surface area contributed by atoms with Crippen LogP contribution in [-0.4, -0.2) is 37.0 Å². The van der Waals surface area contributed by atoms with Crippen molar-refractivity contribution < 1.29 is 4.79 Å². The molecule has 2 radical (unpaired) electrons. The number of piperazine rings is 1. The van der Waals surface area contributed by atoms with Crippen molar-refractivity contribution >= 4 is 11.6 Å². The highest BCUT2D eigenvalue weighted by atomic mass is 16.2. The molecule has 3 nitrogen and oxygen atoms in total. The number of benzene rings is 1. The van der Waals surface area contributed by atoms with Gasteiger partial charge in [0.05, 0.1) is 0 Å². The second-order valence-corrected chi connectivity index (χ2v) is 4.32. The summed E-state index contributed by atoms with van der Waals surface area (Å²) in [6.45, 7) is 11.1. The summed E-state index contributed by atoms with van der Waals surface area (Å²) in [5.41, 5.74) is 1.93. The van der Waals surface area contributed by atoms with Gasteiger partial charge in [-0.1, -0.05) is 19.1 Å². The maximum Gasteiger partial charge on any atom is 0.222 e. The molecule has 1 aromatic rings. The Labute approximate surface area is 103 Å². The molecule has 1 aliphatic rings. The summed E-state index contributed by atoms with van der Waals surface area (Å²) >= 11 is 0. The average molecular weight is 230 g/mol. The first-order chi connectivity index (χ1) is 8.20. The van der Waals surface area contributed by atoms with Gasteiger partial charge in [0.1, 0.15) is 0 Å². The maximum absolute atomic E-state index is 11.6. The number of nitrogens with zero attached hydrogens (tertiary/aromatic N) is 2. The normalized spacial score (nSPS) is 16.1. The van der Waals surface area contributed by atoms with Gasteiger partial charge in [-0.05, 0) is 24.6 Å². The van der Waals surface area contributed by atoms with Gasteiger partial charge in [-0.3, -0.25) is 4.79 Å². The van der Waals surface area contributed by atoms with Gasteiger partial charge in [-0.2, -0.15) is 0 Å². The Morgan fingerprint density at radius 3 is 2.59 bits per heavy atom. The van der Waals surface area contributed by atoms with E-state index in [0.717, 1.165) is 37.4 Å². The van der Waals surface area contributed by atoms with Crippen LogP contribution in [0.1, 0.15) is 18.9 Å². The molecule has 3 heteroatoms. The van der Waals surface area contributed by atoms with Gasteiger partial charge >= 0.3 is 0 Å². The first kappa shape index (κ1) is 12.0. The van der Waals surface area contributed by atoms with Crippen LogP contribution in [0, 0.1) is 6.92 Å². The van der Waals surface area contributed by atoms with Crippen LogP contribution >= 0.6 is 0 Å². The molecule has 0 bridgehead atoms.